The highest BCUT2D eigenvalue weighted by Gasteiger charge is 2.22. The number of benzene rings is 8. The number of hydrogen-bond acceptors (Lipinski definition) is 5. The van der Waals surface area contributed by atoms with Crippen molar-refractivity contribution in [2.75, 3.05) is 0 Å². The minimum atomic E-state index is 0.685. The fraction of sp³-hybridized carbons (Fsp3) is 0. The van der Waals surface area contributed by atoms with E-state index in [0.29, 0.717) is 5.82 Å². The number of nitrogens with zero attached hydrogens (tertiary/aromatic N) is 5. The molecule has 0 aliphatic carbocycles. The van der Waals surface area contributed by atoms with Crippen LogP contribution >= 0.6 is 0 Å². The summed E-state index contributed by atoms with van der Waals surface area (Å²) in [5.74, 6) is 0.685. The molecule has 0 saturated carbocycles. The normalized spacial score (nSPS) is 11.3. The van der Waals surface area contributed by atoms with Gasteiger partial charge in [-0.1, -0.05) is 194 Å². The molecule has 8 aromatic carbocycles. The molecule has 0 amide bonds. The first-order chi connectivity index (χ1) is 29.7. The number of rotatable bonds is 7. The van der Waals surface area contributed by atoms with Gasteiger partial charge in [-0.3, -0.25) is 0 Å². The largest absolute Gasteiger partial charge is 0.247 e. The molecule has 0 unspecified atom stereocenters. The van der Waals surface area contributed by atoms with Gasteiger partial charge in [-0.2, -0.15) is 0 Å². The second-order valence-corrected chi connectivity index (χ2v) is 14.8. The molecule has 0 aliphatic heterocycles. The Hall–Kier alpha value is -8.15. The summed E-state index contributed by atoms with van der Waals surface area (Å²) in [5.41, 5.74) is 15.0. The highest BCUT2D eigenvalue weighted by atomic mass is 14.9. The van der Waals surface area contributed by atoms with Crippen LogP contribution in [0.3, 0.4) is 0 Å². The smallest absolute Gasteiger partial charge is 0.160 e. The van der Waals surface area contributed by atoms with Crippen molar-refractivity contribution < 1.29 is 0 Å². The van der Waals surface area contributed by atoms with Crippen LogP contribution in [0, 0.1) is 0 Å². The molecule has 3 heterocycles. The van der Waals surface area contributed by atoms with Crippen molar-refractivity contribution in [3.63, 3.8) is 0 Å². The van der Waals surface area contributed by atoms with Crippen molar-refractivity contribution >= 4 is 32.7 Å². The van der Waals surface area contributed by atoms with E-state index in [0.717, 1.165) is 106 Å². The Labute approximate surface area is 347 Å². The first-order valence-corrected chi connectivity index (χ1v) is 20.1. The number of para-hydroxylation sites is 1. The maximum Gasteiger partial charge on any atom is 0.160 e. The fourth-order valence-corrected chi connectivity index (χ4v) is 8.18. The Kier molecular flexibility index (Phi) is 8.75. The van der Waals surface area contributed by atoms with Crippen molar-refractivity contribution in [2.45, 2.75) is 0 Å². The highest BCUT2D eigenvalue weighted by molar-refractivity contribution is 6.25. The second-order valence-electron chi connectivity index (χ2n) is 14.8. The van der Waals surface area contributed by atoms with Crippen LogP contribution in [0.4, 0.5) is 0 Å². The standard InChI is InChI=1S/C55H35N5/c1-6-18-37(19-7-1)46-35-47(59-55(58-46)42-26-14-5-15-27-42)38-32-30-36(31-33-38)44-34-48-54(60-53(41-24-12-4-13-25-41)52(57-48)40-22-10-3-11-23-40)49-43-28-16-17-29-45(43)56-51(50(44)49)39-20-8-2-9-21-39/h1-35H. The number of hydrogen-bond donors (Lipinski definition) is 0. The monoisotopic (exact) mass is 765 g/mol. The third-order valence-corrected chi connectivity index (χ3v) is 11.1. The molecule has 3 aromatic heterocycles. The summed E-state index contributed by atoms with van der Waals surface area (Å²) in [7, 11) is 0. The number of aromatic nitrogens is 5. The maximum absolute atomic E-state index is 5.59. The van der Waals surface area contributed by atoms with E-state index in [-0.39, 0.29) is 0 Å². The van der Waals surface area contributed by atoms with Gasteiger partial charge in [0.15, 0.2) is 5.82 Å². The predicted octanol–water partition coefficient (Wildman–Crippen LogP) is 13.8. The van der Waals surface area contributed by atoms with Crippen molar-refractivity contribution in [3.05, 3.63) is 212 Å². The van der Waals surface area contributed by atoms with Gasteiger partial charge in [0.2, 0.25) is 0 Å². The summed E-state index contributed by atoms with van der Waals surface area (Å²) < 4.78 is 0. The molecule has 11 rings (SSSR count). The Balaban J connectivity index is 1.18. The summed E-state index contributed by atoms with van der Waals surface area (Å²) in [4.78, 5) is 26.6. The zero-order valence-electron chi connectivity index (χ0n) is 32.4. The third kappa shape index (κ3) is 6.35. The van der Waals surface area contributed by atoms with Crippen LogP contribution in [0.15, 0.2) is 212 Å². The van der Waals surface area contributed by atoms with E-state index in [2.05, 4.69) is 158 Å². The van der Waals surface area contributed by atoms with E-state index in [4.69, 9.17) is 24.9 Å². The molecule has 60 heavy (non-hydrogen) atoms. The Morgan fingerprint density at radius 2 is 0.700 bits per heavy atom. The Morgan fingerprint density at radius 1 is 0.267 bits per heavy atom. The first kappa shape index (κ1) is 35.0. The van der Waals surface area contributed by atoms with Gasteiger partial charge >= 0.3 is 0 Å². The topological polar surface area (TPSA) is 64.5 Å². The minimum Gasteiger partial charge on any atom is -0.247 e. The molecule has 5 heteroatoms. The van der Waals surface area contributed by atoms with Crippen LogP contribution in [-0.2, 0) is 0 Å². The van der Waals surface area contributed by atoms with E-state index in [1.165, 1.54) is 0 Å². The van der Waals surface area contributed by atoms with Crippen LogP contribution in [-0.4, -0.2) is 24.9 Å². The summed E-state index contributed by atoms with van der Waals surface area (Å²) in [6, 6.07) is 73.0. The van der Waals surface area contributed by atoms with Crippen LogP contribution in [0.2, 0.25) is 0 Å². The zero-order chi connectivity index (χ0) is 39.8. The number of pyridine rings is 1. The van der Waals surface area contributed by atoms with Gasteiger partial charge in [0.25, 0.3) is 0 Å². The Bertz CT molecular complexity index is 3260. The average molecular weight is 766 g/mol. The quantitative estimate of drug-likeness (QED) is 0.151. The lowest BCUT2D eigenvalue weighted by atomic mass is 9.90. The second kappa shape index (κ2) is 15.0. The van der Waals surface area contributed by atoms with Crippen LogP contribution in [0.1, 0.15) is 0 Å². The predicted molar refractivity (Wildman–Crippen MR) is 246 cm³/mol. The molecule has 280 valence electrons. The molecule has 11 aromatic rings. The lowest BCUT2D eigenvalue weighted by molar-refractivity contribution is 1.18. The average Bonchev–Trinajstić information content (AvgIpc) is 3.34. The van der Waals surface area contributed by atoms with Crippen molar-refractivity contribution in [1.29, 1.82) is 0 Å². The van der Waals surface area contributed by atoms with E-state index in [1.807, 2.05) is 54.6 Å². The van der Waals surface area contributed by atoms with E-state index >= 15 is 0 Å². The summed E-state index contributed by atoms with van der Waals surface area (Å²) in [6.45, 7) is 0. The van der Waals surface area contributed by atoms with Gasteiger partial charge in [0.05, 0.1) is 45.0 Å². The molecule has 0 saturated heterocycles. The zero-order valence-corrected chi connectivity index (χ0v) is 32.4. The molecular weight excluding hydrogens is 731 g/mol. The lowest BCUT2D eigenvalue weighted by Crippen LogP contribution is -1.99. The lowest BCUT2D eigenvalue weighted by Gasteiger charge is -2.18. The molecular formula is C55H35N5. The van der Waals surface area contributed by atoms with Gasteiger partial charge < -0.3 is 0 Å². The highest BCUT2D eigenvalue weighted by Crippen LogP contribution is 2.44. The third-order valence-electron chi connectivity index (χ3n) is 11.1. The molecule has 0 atom stereocenters. The fourth-order valence-electron chi connectivity index (χ4n) is 8.18. The van der Waals surface area contributed by atoms with E-state index < -0.39 is 0 Å². The van der Waals surface area contributed by atoms with Crippen LogP contribution < -0.4 is 0 Å². The van der Waals surface area contributed by atoms with E-state index in [1.54, 1.807) is 0 Å². The molecule has 0 fully saturated rings. The molecule has 0 bridgehead atoms. The maximum atomic E-state index is 5.59. The SMILES string of the molecule is c1ccc(-c2cc(-c3ccc(-c4cc5nc(-c6ccccc6)c(-c6ccccc6)nc5c5c4c(-c4ccccc4)nc4ccccc45)cc3)nc(-c3ccccc3)n2)cc1. The van der Waals surface area contributed by atoms with Gasteiger partial charge in [0.1, 0.15) is 0 Å². The summed E-state index contributed by atoms with van der Waals surface area (Å²) in [5, 5.41) is 3.08. The summed E-state index contributed by atoms with van der Waals surface area (Å²) in [6.07, 6.45) is 0. The van der Waals surface area contributed by atoms with E-state index in [9.17, 15) is 0 Å². The van der Waals surface area contributed by atoms with Crippen molar-refractivity contribution in [2.24, 2.45) is 0 Å². The molecule has 0 radical (unpaired) electrons. The van der Waals surface area contributed by atoms with Gasteiger partial charge in [0, 0.05) is 49.5 Å². The molecule has 0 N–H and O–H groups in total. The number of fused-ring (bicyclic) bond motifs is 5. The minimum absolute atomic E-state index is 0.685. The molecule has 0 aliphatic rings. The van der Waals surface area contributed by atoms with Gasteiger partial charge in [-0.05, 0) is 29.3 Å². The van der Waals surface area contributed by atoms with Crippen LogP contribution in [0.25, 0.3) is 112 Å². The van der Waals surface area contributed by atoms with Gasteiger partial charge in [-0.15, -0.1) is 0 Å². The molecule has 5 nitrogen and oxygen atoms in total. The Morgan fingerprint density at radius 3 is 1.28 bits per heavy atom. The summed E-state index contributed by atoms with van der Waals surface area (Å²) >= 11 is 0. The van der Waals surface area contributed by atoms with Crippen molar-refractivity contribution in [3.8, 4) is 78.8 Å². The first-order valence-electron chi connectivity index (χ1n) is 20.1. The molecule has 0 spiro atoms. The van der Waals surface area contributed by atoms with Gasteiger partial charge in [-0.25, -0.2) is 24.9 Å². The van der Waals surface area contributed by atoms with Crippen LogP contribution in [0.5, 0.6) is 0 Å². The van der Waals surface area contributed by atoms with Crippen molar-refractivity contribution in [1.82, 2.24) is 24.9 Å².